The minimum atomic E-state index is -0.118. The second-order valence-electron chi connectivity index (χ2n) is 2.98. The van der Waals surface area contributed by atoms with E-state index < -0.39 is 0 Å². The molecule has 0 heterocycles. The number of amides is 1. The van der Waals surface area contributed by atoms with E-state index in [0.717, 1.165) is 4.47 Å². The van der Waals surface area contributed by atoms with E-state index in [0.29, 0.717) is 23.5 Å². The highest BCUT2D eigenvalue weighted by Crippen LogP contribution is 2.11. The third-order valence-electron chi connectivity index (χ3n) is 1.74. The second-order valence-corrected chi connectivity index (χ2v) is 4.42. The minimum Gasteiger partial charge on any atom is -0.393 e. The quantitative estimate of drug-likeness (QED) is 0.831. The smallest absolute Gasteiger partial charge is 0.251 e. The van der Waals surface area contributed by atoms with Crippen LogP contribution in [0.3, 0.4) is 0 Å². The number of halogens is 1. The monoisotopic (exact) mass is 286 g/mol. The summed E-state index contributed by atoms with van der Waals surface area (Å²) in [6.45, 7) is 0.473. The van der Waals surface area contributed by atoms with E-state index in [1.54, 1.807) is 12.1 Å². The maximum absolute atomic E-state index is 11.6. The predicted octanol–water partition coefficient (Wildman–Crippen LogP) is 1.86. The summed E-state index contributed by atoms with van der Waals surface area (Å²) < 4.78 is 0.879. The molecule has 0 saturated carbocycles. The zero-order chi connectivity index (χ0) is 11.3. The lowest BCUT2D eigenvalue weighted by molar-refractivity contribution is 0.0955. The number of hydrogen-bond acceptors (Lipinski definition) is 2. The molecule has 0 atom stereocenters. The predicted molar refractivity (Wildman–Crippen MR) is 67.9 cm³/mol. The average Bonchev–Trinajstić information content (AvgIpc) is 2.17. The van der Waals surface area contributed by atoms with Gasteiger partial charge in [0, 0.05) is 23.0 Å². The molecule has 0 unspecified atom stereocenters. The number of benzene rings is 1. The number of hydrogen-bond donors (Lipinski definition) is 2. The van der Waals surface area contributed by atoms with Gasteiger partial charge in [0.05, 0.1) is 4.99 Å². The minimum absolute atomic E-state index is 0.118. The van der Waals surface area contributed by atoms with Crippen LogP contribution in [0.2, 0.25) is 0 Å². The van der Waals surface area contributed by atoms with E-state index in [-0.39, 0.29) is 5.91 Å². The normalized spacial score (nSPS) is 9.67. The molecule has 3 nitrogen and oxygen atoms in total. The summed E-state index contributed by atoms with van der Waals surface area (Å²) in [4.78, 5) is 12.0. The third-order valence-corrected chi connectivity index (χ3v) is 2.44. The Labute approximate surface area is 102 Å². The zero-order valence-electron chi connectivity index (χ0n) is 8.00. The fourth-order valence-corrected chi connectivity index (χ4v) is 1.53. The van der Waals surface area contributed by atoms with Crippen molar-refractivity contribution in [2.75, 3.05) is 6.54 Å². The number of thiocarbonyl (C=S) groups is 1. The van der Waals surface area contributed by atoms with E-state index in [4.69, 9.17) is 18.0 Å². The number of nitrogens with two attached hydrogens (primary N) is 1. The molecule has 1 aromatic carbocycles. The molecule has 0 aliphatic heterocycles. The first-order valence-electron chi connectivity index (χ1n) is 4.41. The van der Waals surface area contributed by atoms with Crippen LogP contribution < -0.4 is 11.1 Å². The Balaban J connectivity index is 2.50. The number of nitrogens with one attached hydrogen (secondary N) is 1. The largest absolute Gasteiger partial charge is 0.393 e. The molecule has 3 N–H and O–H groups in total. The standard InChI is InChI=1S/C10H11BrN2OS/c11-8-3-1-2-7(6-8)10(14)13-5-4-9(12)15/h1-3,6H,4-5H2,(H2,12,15)(H,13,14). The van der Waals surface area contributed by atoms with Crippen molar-refractivity contribution in [1.29, 1.82) is 0 Å². The highest BCUT2D eigenvalue weighted by atomic mass is 79.9. The molecule has 1 amide bonds. The molecule has 0 spiro atoms. The van der Waals surface area contributed by atoms with Crippen molar-refractivity contribution in [2.45, 2.75) is 6.42 Å². The summed E-state index contributed by atoms with van der Waals surface area (Å²) in [7, 11) is 0. The van der Waals surface area contributed by atoms with Crippen molar-refractivity contribution in [3.8, 4) is 0 Å². The third kappa shape index (κ3) is 4.40. The topological polar surface area (TPSA) is 55.1 Å². The Morgan fingerprint density at radius 3 is 2.87 bits per heavy atom. The molecular formula is C10H11BrN2OS. The first kappa shape index (κ1) is 12.1. The van der Waals surface area contributed by atoms with E-state index >= 15 is 0 Å². The van der Waals surface area contributed by atoms with E-state index in [1.807, 2.05) is 12.1 Å². The van der Waals surface area contributed by atoms with Crippen LogP contribution in [0.1, 0.15) is 16.8 Å². The summed E-state index contributed by atoms with van der Waals surface area (Å²) in [6.07, 6.45) is 0.523. The van der Waals surface area contributed by atoms with Gasteiger partial charge in [-0.2, -0.15) is 0 Å². The second kappa shape index (κ2) is 5.82. The Morgan fingerprint density at radius 2 is 2.27 bits per heavy atom. The van der Waals surface area contributed by atoms with E-state index in [1.165, 1.54) is 0 Å². The van der Waals surface area contributed by atoms with Gasteiger partial charge in [0.15, 0.2) is 0 Å². The molecule has 80 valence electrons. The summed E-state index contributed by atoms with van der Waals surface area (Å²) in [6, 6.07) is 7.19. The maximum atomic E-state index is 11.6. The van der Waals surface area contributed by atoms with Crippen LogP contribution in [0.4, 0.5) is 0 Å². The van der Waals surface area contributed by atoms with Gasteiger partial charge in [0.2, 0.25) is 0 Å². The lowest BCUT2D eigenvalue weighted by Crippen LogP contribution is -2.27. The van der Waals surface area contributed by atoms with Gasteiger partial charge in [0.1, 0.15) is 0 Å². The van der Waals surface area contributed by atoms with Crippen LogP contribution in [0, 0.1) is 0 Å². The van der Waals surface area contributed by atoms with Crippen LogP contribution in [-0.2, 0) is 0 Å². The van der Waals surface area contributed by atoms with Gasteiger partial charge in [-0.3, -0.25) is 4.79 Å². The van der Waals surface area contributed by atoms with Crippen LogP contribution >= 0.6 is 28.1 Å². The fraction of sp³-hybridized carbons (Fsp3) is 0.200. The molecule has 0 radical (unpaired) electrons. The summed E-state index contributed by atoms with van der Waals surface area (Å²) >= 11 is 8.01. The van der Waals surface area contributed by atoms with Crippen molar-refractivity contribution >= 4 is 39.0 Å². The molecule has 0 bridgehead atoms. The fourth-order valence-electron chi connectivity index (χ4n) is 1.03. The van der Waals surface area contributed by atoms with Gasteiger partial charge in [-0.05, 0) is 18.2 Å². The molecule has 0 aromatic heterocycles. The van der Waals surface area contributed by atoms with Gasteiger partial charge in [-0.15, -0.1) is 0 Å². The van der Waals surface area contributed by atoms with Crippen LogP contribution in [0.15, 0.2) is 28.7 Å². The highest BCUT2D eigenvalue weighted by Gasteiger charge is 2.04. The van der Waals surface area contributed by atoms with Crippen LogP contribution in [0.5, 0.6) is 0 Å². The van der Waals surface area contributed by atoms with Crippen LogP contribution in [0.25, 0.3) is 0 Å². The maximum Gasteiger partial charge on any atom is 0.251 e. The molecular weight excluding hydrogens is 276 g/mol. The molecule has 0 aliphatic rings. The molecule has 1 aromatic rings. The highest BCUT2D eigenvalue weighted by molar-refractivity contribution is 9.10. The molecule has 5 heteroatoms. The molecule has 15 heavy (non-hydrogen) atoms. The molecule has 0 aliphatic carbocycles. The van der Waals surface area contributed by atoms with Crippen molar-refractivity contribution in [1.82, 2.24) is 5.32 Å². The number of rotatable bonds is 4. The van der Waals surface area contributed by atoms with E-state index in [9.17, 15) is 4.79 Å². The summed E-state index contributed by atoms with van der Waals surface area (Å²) in [5.41, 5.74) is 5.93. The first-order valence-corrected chi connectivity index (χ1v) is 5.62. The lowest BCUT2D eigenvalue weighted by Gasteiger charge is -2.04. The summed E-state index contributed by atoms with van der Waals surface area (Å²) in [5, 5.41) is 2.73. The van der Waals surface area contributed by atoms with Crippen molar-refractivity contribution in [2.24, 2.45) is 5.73 Å². The lowest BCUT2D eigenvalue weighted by atomic mass is 10.2. The Kier molecular flexibility index (Phi) is 4.71. The number of carbonyl (C=O) groups excluding carboxylic acids is 1. The summed E-state index contributed by atoms with van der Waals surface area (Å²) in [5.74, 6) is -0.118. The SMILES string of the molecule is NC(=S)CCNC(=O)c1cccc(Br)c1. The van der Waals surface area contributed by atoms with Crippen molar-refractivity contribution < 1.29 is 4.79 Å². The van der Waals surface area contributed by atoms with Crippen molar-refractivity contribution in [3.63, 3.8) is 0 Å². The van der Waals surface area contributed by atoms with Gasteiger partial charge in [-0.25, -0.2) is 0 Å². The van der Waals surface area contributed by atoms with Gasteiger partial charge in [-0.1, -0.05) is 34.2 Å². The van der Waals surface area contributed by atoms with E-state index in [2.05, 4.69) is 21.2 Å². The Hall–Kier alpha value is -0.940. The Bertz CT molecular complexity index is 381. The molecule has 1 rings (SSSR count). The molecule has 0 fully saturated rings. The van der Waals surface area contributed by atoms with Gasteiger partial charge >= 0.3 is 0 Å². The number of carbonyl (C=O) groups is 1. The van der Waals surface area contributed by atoms with Crippen molar-refractivity contribution in [3.05, 3.63) is 34.3 Å². The van der Waals surface area contributed by atoms with Crippen LogP contribution in [-0.4, -0.2) is 17.4 Å². The zero-order valence-corrected chi connectivity index (χ0v) is 10.4. The van der Waals surface area contributed by atoms with Gasteiger partial charge < -0.3 is 11.1 Å². The molecule has 0 saturated heterocycles. The van der Waals surface area contributed by atoms with Gasteiger partial charge in [0.25, 0.3) is 5.91 Å². The average molecular weight is 287 g/mol. The Morgan fingerprint density at radius 1 is 1.53 bits per heavy atom. The first-order chi connectivity index (χ1) is 7.09.